The van der Waals surface area contributed by atoms with Crippen LogP contribution in [0.3, 0.4) is 0 Å². The number of carbonyl (C=O) groups excluding carboxylic acids is 1. The number of nitrogens with one attached hydrogen (secondary N) is 2. The van der Waals surface area contributed by atoms with Crippen molar-refractivity contribution in [1.29, 1.82) is 0 Å². The maximum Gasteiger partial charge on any atom is 0.315 e. The molecule has 1 aromatic rings. The van der Waals surface area contributed by atoms with Crippen LogP contribution in [0.4, 0.5) is 4.79 Å². The van der Waals surface area contributed by atoms with Crippen molar-refractivity contribution in [2.45, 2.75) is 39.3 Å². The molecule has 0 fully saturated rings. The summed E-state index contributed by atoms with van der Waals surface area (Å²) in [4.78, 5) is 21.8. The van der Waals surface area contributed by atoms with Gasteiger partial charge in [-0.3, -0.25) is 4.79 Å². The van der Waals surface area contributed by atoms with Crippen LogP contribution in [0.15, 0.2) is 10.6 Å². The zero-order valence-corrected chi connectivity index (χ0v) is 10.4. The highest BCUT2D eigenvalue weighted by molar-refractivity contribution is 5.74. The summed E-state index contributed by atoms with van der Waals surface area (Å²) >= 11 is 0. The first kappa shape index (κ1) is 14.0. The molecular weight excluding hydrogens is 238 g/mol. The minimum Gasteiger partial charge on any atom is -0.481 e. The first-order valence-corrected chi connectivity index (χ1v) is 5.65. The molecule has 0 saturated heterocycles. The van der Waals surface area contributed by atoms with Crippen LogP contribution in [-0.4, -0.2) is 28.3 Å². The number of nitrogens with zero attached hydrogens (tertiary/aromatic N) is 1. The normalized spacial score (nSPS) is 11.9. The molecule has 1 aromatic heterocycles. The lowest BCUT2D eigenvalue weighted by Crippen LogP contribution is -2.40. The number of hydrogen-bond acceptors (Lipinski definition) is 4. The van der Waals surface area contributed by atoms with Crippen molar-refractivity contribution < 1.29 is 19.2 Å². The molecule has 0 aromatic carbocycles. The van der Waals surface area contributed by atoms with Crippen LogP contribution < -0.4 is 10.6 Å². The number of urea groups is 1. The average molecular weight is 255 g/mol. The van der Waals surface area contributed by atoms with Gasteiger partial charge in [0.05, 0.1) is 6.54 Å². The molecule has 0 aliphatic heterocycles. The first-order valence-electron chi connectivity index (χ1n) is 5.65. The summed E-state index contributed by atoms with van der Waals surface area (Å²) < 4.78 is 4.86. The standard InChI is InChI=1S/C11H17N3O4/c1-7(3-4-10(15)16)13-11(17)12-6-9-5-8(2)18-14-9/h5,7H,3-4,6H2,1-2H3,(H,15,16)(H2,12,13,17). The van der Waals surface area contributed by atoms with E-state index in [9.17, 15) is 9.59 Å². The van der Waals surface area contributed by atoms with Gasteiger partial charge < -0.3 is 20.3 Å². The Balaban J connectivity index is 2.22. The van der Waals surface area contributed by atoms with E-state index in [4.69, 9.17) is 9.63 Å². The van der Waals surface area contributed by atoms with E-state index >= 15 is 0 Å². The third-order valence-electron chi connectivity index (χ3n) is 2.28. The minimum atomic E-state index is -0.873. The fourth-order valence-corrected chi connectivity index (χ4v) is 1.36. The number of carboxylic acids is 1. The number of rotatable bonds is 6. The van der Waals surface area contributed by atoms with Gasteiger partial charge in [-0.1, -0.05) is 5.16 Å². The summed E-state index contributed by atoms with van der Waals surface area (Å²) in [6.07, 6.45) is 0.426. The molecule has 0 spiro atoms. The van der Waals surface area contributed by atoms with Crippen LogP contribution in [0.25, 0.3) is 0 Å². The molecule has 0 radical (unpaired) electrons. The van der Waals surface area contributed by atoms with Gasteiger partial charge >= 0.3 is 12.0 Å². The summed E-state index contributed by atoms with van der Waals surface area (Å²) in [5.41, 5.74) is 0.640. The van der Waals surface area contributed by atoms with E-state index in [-0.39, 0.29) is 25.0 Å². The van der Waals surface area contributed by atoms with E-state index in [1.807, 2.05) is 0 Å². The number of amides is 2. The van der Waals surface area contributed by atoms with Crippen LogP contribution in [0.5, 0.6) is 0 Å². The Morgan fingerprint density at radius 1 is 1.56 bits per heavy atom. The van der Waals surface area contributed by atoms with E-state index in [2.05, 4.69) is 15.8 Å². The molecule has 0 aliphatic carbocycles. The number of hydrogen-bond donors (Lipinski definition) is 3. The third kappa shape index (κ3) is 5.33. The van der Waals surface area contributed by atoms with Crippen molar-refractivity contribution in [3.8, 4) is 0 Å². The Bertz CT molecular complexity index is 416. The molecule has 0 aliphatic rings. The number of aliphatic carboxylic acids is 1. The van der Waals surface area contributed by atoms with Crippen molar-refractivity contribution in [3.63, 3.8) is 0 Å². The van der Waals surface area contributed by atoms with E-state index < -0.39 is 5.97 Å². The fraction of sp³-hybridized carbons (Fsp3) is 0.545. The quantitative estimate of drug-likeness (QED) is 0.704. The second-order valence-electron chi connectivity index (χ2n) is 4.09. The van der Waals surface area contributed by atoms with Gasteiger partial charge in [0.25, 0.3) is 0 Å². The van der Waals surface area contributed by atoms with Gasteiger partial charge in [-0.25, -0.2) is 4.79 Å². The van der Waals surface area contributed by atoms with Crippen LogP contribution >= 0.6 is 0 Å². The van der Waals surface area contributed by atoms with Gasteiger partial charge in [-0.05, 0) is 20.3 Å². The molecule has 0 bridgehead atoms. The monoisotopic (exact) mass is 255 g/mol. The number of carbonyl (C=O) groups is 2. The van der Waals surface area contributed by atoms with Crippen LogP contribution in [-0.2, 0) is 11.3 Å². The molecule has 18 heavy (non-hydrogen) atoms. The molecule has 0 saturated carbocycles. The van der Waals surface area contributed by atoms with Crippen molar-refractivity contribution >= 4 is 12.0 Å². The molecule has 1 heterocycles. The Morgan fingerprint density at radius 3 is 2.83 bits per heavy atom. The Morgan fingerprint density at radius 2 is 2.28 bits per heavy atom. The van der Waals surface area contributed by atoms with Gasteiger partial charge in [0.15, 0.2) is 0 Å². The van der Waals surface area contributed by atoms with Gasteiger partial charge in [0.1, 0.15) is 11.5 Å². The molecule has 100 valence electrons. The first-order chi connectivity index (χ1) is 8.47. The lowest BCUT2D eigenvalue weighted by molar-refractivity contribution is -0.137. The average Bonchev–Trinajstić information content (AvgIpc) is 2.70. The summed E-state index contributed by atoms with van der Waals surface area (Å²) in [5.74, 6) is -0.191. The third-order valence-corrected chi connectivity index (χ3v) is 2.28. The van der Waals surface area contributed by atoms with Crippen molar-refractivity contribution in [3.05, 3.63) is 17.5 Å². The van der Waals surface area contributed by atoms with Gasteiger partial charge in [-0.2, -0.15) is 0 Å². The second kappa shape index (κ2) is 6.63. The predicted octanol–water partition coefficient (Wildman–Crippen LogP) is 1.04. The summed E-state index contributed by atoms with van der Waals surface area (Å²) in [6.45, 7) is 3.79. The molecule has 1 rings (SSSR count). The summed E-state index contributed by atoms with van der Waals surface area (Å²) in [7, 11) is 0. The van der Waals surface area contributed by atoms with Gasteiger partial charge in [0.2, 0.25) is 0 Å². The highest BCUT2D eigenvalue weighted by Gasteiger charge is 2.09. The predicted molar refractivity (Wildman–Crippen MR) is 62.9 cm³/mol. The van der Waals surface area contributed by atoms with Gasteiger partial charge in [-0.15, -0.1) is 0 Å². The van der Waals surface area contributed by atoms with E-state index in [1.165, 1.54) is 0 Å². The summed E-state index contributed by atoms with van der Waals surface area (Å²) in [6, 6.07) is 1.18. The van der Waals surface area contributed by atoms with Crippen molar-refractivity contribution in [2.75, 3.05) is 0 Å². The highest BCUT2D eigenvalue weighted by Crippen LogP contribution is 2.00. The smallest absolute Gasteiger partial charge is 0.315 e. The van der Waals surface area contributed by atoms with Crippen LogP contribution in [0.2, 0.25) is 0 Å². The molecule has 3 N–H and O–H groups in total. The lowest BCUT2D eigenvalue weighted by Gasteiger charge is -2.12. The maximum absolute atomic E-state index is 11.5. The Hall–Kier alpha value is -2.05. The largest absolute Gasteiger partial charge is 0.481 e. The van der Waals surface area contributed by atoms with E-state index in [0.717, 1.165) is 0 Å². The summed E-state index contributed by atoms with van der Waals surface area (Å²) in [5, 5.41) is 17.5. The number of carboxylic acid groups (broad SMARTS) is 1. The lowest BCUT2D eigenvalue weighted by atomic mass is 10.2. The number of aryl methyl sites for hydroxylation is 1. The Kier molecular flexibility index (Phi) is 5.16. The zero-order valence-electron chi connectivity index (χ0n) is 10.4. The van der Waals surface area contributed by atoms with Crippen LogP contribution in [0.1, 0.15) is 31.2 Å². The van der Waals surface area contributed by atoms with Crippen molar-refractivity contribution in [1.82, 2.24) is 15.8 Å². The molecular formula is C11H17N3O4. The highest BCUT2D eigenvalue weighted by atomic mass is 16.5. The maximum atomic E-state index is 11.5. The van der Waals surface area contributed by atoms with Crippen molar-refractivity contribution in [2.24, 2.45) is 0 Å². The van der Waals surface area contributed by atoms with E-state index in [1.54, 1.807) is 19.9 Å². The zero-order chi connectivity index (χ0) is 13.5. The minimum absolute atomic E-state index is 0.0317. The molecule has 7 heteroatoms. The topological polar surface area (TPSA) is 104 Å². The van der Waals surface area contributed by atoms with Crippen LogP contribution in [0, 0.1) is 6.92 Å². The molecule has 2 amide bonds. The molecule has 1 atom stereocenters. The fourth-order valence-electron chi connectivity index (χ4n) is 1.36. The van der Waals surface area contributed by atoms with Gasteiger partial charge in [0, 0.05) is 18.5 Å². The number of aromatic nitrogens is 1. The Labute approximate surface area is 105 Å². The second-order valence-corrected chi connectivity index (χ2v) is 4.09. The molecule has 7 nitrogen and oxygen atoms in total. The van der Waals surface area contributed by atoms with E-state index in [0.29, 0.717) is 17.9 Å². The SMILES string of the molecule is Cc1cc(CNC(=O)NC(C)CCC(=O)O)no1. The molecule has 1 unspecified atom stereocenters.